The molecule has 0 aliphatic carbocycles. The van der Waals surface area contributed by atoms with E-state index in [0.717, 1.165) is 10.9 Å². The number of hydrogen-bond acceptors (Lipinski definition) is 2. The Kier molecular flexibility index (Phi) is 4.52. The fourth-order valence-electron chi connectivity index (χ4n) is 2.86. The molecule has 1 unspecified atom stereocenters. The number of aromatic nitrogens is 1. The van der Waals surface area contributed by atoms with E-state index in [0.29, 0.717) is 11.3 Å². The summed E-state index contributed by atoms with van der Waals surface area (Å²) in [5.74, 6) is -1.85. The predicted octanol–water partition coefficient (Wildman–Crippen LogP) is 3.26. The Morgan fingerprint density at radius 3 is 2.48 bits per heavy atom. The van der Waals surface area contributed by atoms with Gasteiger partial charge in [0.25, 0.3) is 5.91 Å². The van der Waals surface area contributed by atoms with Gasteiger partial charge in [-0.2, -0.15) is 0 Å². The van der Waals surface area contributed by atoms with E-state index in [2.05, 4.69) is 5.32 Å². The molecule has 3 aromatic rings. The second-order valence-electron chi connectivity index (χ2n) is 5.82. The first-order valence-corrected chi connectivity index (χ1v) is 7.78. The summed E-state index contributed by atoms with van der Waals surface area (Å²) in [6.45, 7) is 0. The largest absolute Gasteiger partial charge is 0.481 e. The Labute approximate surface area is 143 Å². The van der Waals surface area contributed by atoms with Crippen LogP contribution in [0, 0.1) is 5.82 Å². The van der Waals surface area contributed by atoms with Crippen LogP contribution in [0.2, 0.25) is 0 Å². The first kappa shape index (κ1) is 16.7. The number of para-hydroxylation sites is 1. The summed E-state index contributed by atoms with van der Waals surface area (Å²) in [6.07, 6.45) is -0.290. The van der Waals surface area contributed by atoms with Crippen molar-refractivity contribution in [2.24, 2.45) is 7.05 Å². The molecule has 0 saturated heterocycles. The molecule has 1 aromatic heterocycles. The molecule has 0 aliphatic rings. The average Bonchev–Trinajstić information content (AvgIpc) is 2.92. The Hall–Kier alpha value is -3.15. The lowest BCUT2D eigenvalue weighted by Gasteiger charge is -2.18. The van der Waals surface area contributed by atoms with Crippen molar-refractivity contribution >= 4 is 22.8 Å². The minimum atomic E-state index is -1.05. The number of nitrogens with one attached hydrogen (secondary N) is 1. The number of halogens is 1. The highest BCUT2D eigenvalue weighted by atomic mass is 19.1. The molecule has 1 atom stereocenters. The van der Waals surface area contributed by atoms with Gasteiger partial charge >= 0.3 is 5.97 Å². The number of aryl methyl sites for hydroxylation is 1. The molecule has 5 nitrogen and oxygen atoms in total. The first-order valence-electron chi connectivity index (χ1n) is 7.78. The summed E-state index contributed by atoms with van der Waals surface area (Å²) < 4.78 is 14.9. The number of carbonyl (C=O) groups excluding carboxylic acids is 1. The van der Waals surface area contributed by atoms with Crippen LogP contribution in [0.4, 0.5) is 4.39 Å². The van der Waals surface area contributed by atoms with E-state index in [1.165, 1.54) is 24.3 Å². The van der Waals surface area contributed by atoms with Gasteiger partial charge in [0.1, 0.15) is 11.5 Å². The zero-order valence-corrected chi connectivity index (χ0v) is 13.6. The Morgan fingerprint density at radius 2 is 1.84 bits per heavy atom. The third-order valence-corrected chi connectivity index (χ3v) is 4.14. The second-order valence-corrected chi connectivity index (χ2v) is 5.82. The summed E-state index contributed by atoms with van der Waals surface area (Å²) >= 11 is 0. The van der Waals surface area contributed by atoms with Crippen molar-refractivity contribution in [1.82, 2.24) is 9.88 Å². The Morgan fingerprint density at radius 1 is 1.16 bits per heavy atom. The fraction of sp³-hybridized carbons (Fsp3) is 0.158. The highest BCUT2D eigenvalue weighted by Crippen LogP contribution is 2.21. The fourth-order valence-corrected chi connectivity index (χ4v) is 2.86. The number of carboxylic acids is 1. The van der Waals surface area contributed by atoms with Crippen LogP contribution in [0.15, 0.2) is 54.6 Å². The third-order valence-electron chi connectivity index (χ3n) is 4.14. The van der Waals surface area contributed by atoms with Gasteiger partial charge in [-0.3, -0.25) is 9.59 Å². The van der Waals surface area contributed by atoms with Crippen LogP contribution >= 0.6 is 0 Å². The molecule has 2 aromatic carbocycles. The van der Waals surface area contributed by atoms with E-state index in [1.54, 1.807) is 17.7 Å². The van der Waals surface area contributed by atoms with Gasteiger partial charge in [-0.15, -0.1) is 0 Å². The van der Waals surface area contributed by atoms with Crippen molar-refractivity contribution in [3.63, 3.8) is 0 Å². The predicted molar refractivity (Wildman–Crippen MR) is 91.8 cm³/mol. The summed E-state index contributed by atoms with van der Waals surface area (Å²) in [4.78, 5) is 23.8. The molecule has 2 N–H and O–H groups in total. The minimum Gasteiger partial charge on any atom is -0.481 e. The molecule has 1 heterocycles. The van der Waals surface area contributed by atoms with E-state index in [4.69, 9.17) is 5.11 Å². The highest BCUT2D eigenvalue weighted by molar-refractivity contribution is 5.99. The van der Waals surface area contributed by atoms with Crippen molar-refractivity contribution in [2.75, 3.05) is 0 Å². The Bertz CT molecular complexity index is 931. The molecule has 6 heteroatoms. The van der Waals surface area contributed by atoms with Crippen molar-refractivity contribution < 1.29 is 19.1 Å². The van der Waals surface area contributed by atoms with Gasteiger partial charge < -0.3 is 15.0 Å². The smallest absolute Gasteiger partial charge is 0.305 e. The van der Waals surface area contributed by atoms with E-state index in [-0.39, 0.29) is 12.3 Å². The molecule has 0 radical (unpaired) electrons. The van der Waals surface area contributed by atoms with Gasteiger partial charge in [-0.25, -0.2) is 4.39 Å². The SMILES string of the molecule is Cn1c(C(=O)NC(CC(=O)O)c2ccc(F)cc2)cc2ccccc21. The molecule has 0 fully saturated rings. The topological polar surface area (TPSA) is 71.3 Å². The molecule has 0 bridgehead atoms. The van der Waals surface area contributed by atoms with E-state index >= 15 is 0 Å². The molecule has 128 valence electrons. The van der Waals surface area contributed by atoms with Gasteiger partial charge in [0.2, 0.25) is 0 Å². The normalized spacial score (nSPS) is 12.1. The number of benzene rings is 2. The maximum atomic E-state index is 13.1. The standard InChI is InChI=1S/C19H17FN2O3/c1-22-16-5-3-2-4-13(16)10-17(22)19(25)21-15(11-18(23)24)12-6-8-14(20)9-7-12/h2-10,15H,11H2,1H3,(H,21,25)(H,23,24). The number of fused-ring (bicyclic) bond motifs is 1. The number of aliphatic carboxylic acids is 1. The zero-order chi connectivity index (χ0) is 18.0. The molecule has 25 heavy (non-hydrogen) atoms. The minimum absolute atomic E-state index is 0.290. The highest BCUT2D eigenvalue weighted by Gasteiger charge is 2.21. The van der Waals surface area contributed by atoms with Crippen LogP contribution in [-0.4, -0.2) is 21.6 Å². The number of carbonyl (C=O) groups is 2. The molecular formula is C19H17FN2O3. The van der Waals surface area contributed by atoms with Crippen molar-refractivity contribution in [3.05, 3.63) is 71.7 Å². The first-order chi connectivity index (χ1) is 12.0. The lowest BCUT2D eigenvalue weighted by Crippen LogP contribution is -2.31. The lowest BCUT2D eigenvalue weighted by molar-refractivity contribution is -0.137. The third kappa shape index (κ3) is 3.52. The monoisotopic (exact) mass is 340 g/mol. The number of carboxylic acid groups (broad SMARTS) is 1. The zero-order valence-electron chi connectivity index (χ0n) is 13.6. The van der Waals surface area contributed by atoms with E-state index < -0.39 is 17.8 Å². The number of hydrogen-bond donors (Lipinski definition) is 2. The van der Waals surface area contributed by atoms with Crippen LogP contribution in [0.1, 0.15) is 28.5 Å². The lowest BCUT2D eigenvalue weighted by atomic mass is 10.0. The summed E-state index contributed by atoms with van der Waals surface area (Å²) in [6, 6.07) is 14.0. The van der Waals surface area contributed by atoms with Crippen LogP contribution in [0.25, 0.3) is 10.9 Å². The van der Waals surface area contributed by atoms with E-state index in [1.807, 2.05) is 24.3 Å². The van der Waals surface area contributed by atoms with Crippen LogP contribution in [0.5, 0.6) is 0 Å². The molecule has 0 saturated carbocycles. The molecular weight excluding hydrogens is 323 g/mol. The number of amides is 1. The van der Waals surface area contributed by atoms with Gasteiger partial charge in [0.05, 0.1) is 12.5 Å². The van der Waals surface area contributed by atoms with Gasteiger partial charge in [-0.05, 0) is 29.8 Å². The average molecular weight is 340 g/mol. The van der Waals surface area contributed by atoms with Crippen molar-refractivity contribution in [3.8, 4) is 0 Å². The maximum Gasteiger partial charge on any atom is 0.305 e. The van der Waals surface area contributed by atoms with Gasteiger partial charge in [0, 0.05) is 18.0 Å². The summed E-state index contributed by atoms with van der Waals surface area (Å²) in [5, 5.41) is 12.8. The van der Waals surface area contributed by atoms with Crippen molar-refractivity contribution in [1.29, 1.82) is 0 Å². The summed E-state index contributed by atoms with van der Waals surface area (Å²) in [7, 11) is 1.78. The number of rotatable bonds is 5. The molecule has 0 aliphatic heterocycles. The summed E-state index contributed by atoms with van der Waals surface area (Å²) in [5.41, 5.74) is 1.87. The molecule has 1 amide bonds. The van der Waals surface area contributed by atoms with Crippen LogP contribution in [0.3, 0.4) is 0 Å². The van der Waals surface area contributed by atoms with Crippen LogP contribution in [-0.2, 0) is 11.8 Å². The number of nitrogens with zero attached hydrogens (tertiary/aromatic N) is 1. The molecule has 3 rings (SSSR count). The van der Waals surface area contributed by atoms with Crippen LogP contribution < -0.4 is 5.32 Å². The van der Waals surface area contributed by atoms with Gasteiger partial charge in [-0.1, -0.05) is 30.3 Å². The Balaban J connectivity index is 1.90. The molecule has 0 spiro atoms. The second kappa shape index (κ2) is 6.76. The van der Waals surface area contributed by atoms with Crippen molar-refractivity contribution in [2.45, 2.75) is 12.5 Å². The van der Waals surface area contributed by atoms with Gasteiger partial charge in [0.15, 0.2) is 0 Å². The quantitative estimate of drug-likeness (QED) is 0.749. The van der Waals surface area contributed by atoms with E-state index in [9.17, 15) is 14.0 Å². The maximum absolute atomic E-state index is 13.1.